The number of carbonyl (C=O) groups excluding carboxylic acids is 1. The SMILES string of the molecule is Cc1csc(Sc2ccc(NC(=O)Cc3csc(-c4cccs4)n3)cc2)n1. The predicted octanol–water partition coefficient (Wildman–Crippen LogP) is 5.97. The molecule has 4 aromatic rings. The Morgan fingerprint density at radius 2 is 1.93 bits per heavy atom. The molecular weight excluding hydrogens is 414 g/mol. The van der Waals surface area contributed by atoms with Crippen molar-refractivity contribution in [3.63, 3.8) is 0 Å². The van der Waals surface area contributed by atoms with Crippen LogP contribution in [0, 0.1) is 6.92 Å². The van der Waals surface area contributed by atoms with E-state index >= 15 is 0 Å². The van der Waals surface area contributed by atoms with E-state index in [0.29, 0.717) is 0 Å². The van der Waals surface area contributed by atoms with E-state index in [9.17, 15) is 4.79 Å². The van der Waals surface area contributed by atoms with Crippen molar-refractivity contribution in [3.05, 3.63) is 63.9 Å². The second-order valence-corrected chi connectivity index (χ2v) is 9.71. The lowest BCUT2D eigenvalue weighted by molar-refractivity contribution is -0.115. The third-order valence-electron chi connectivity index (χ3n) is 3.57. The average Bonchev–Trinajstić information content (AvgIpc) is 3.39. The standard InChI is InChI=1S/C19H15N3OS4/c1-12-10-26-19(20-12)27-15-6-4-13(5-7-15)21-17(23)9-14-11-25-18(22-14)16-3-2-8-24-16/h2-8,10-11H,9H2,1H3,(H,21,23). The zero-order valence-corrected chi connectivity index (χ0v) is 17.6. The summed E-state index contributed by atoms with van der Waals surface area (Å²) >= 11 is 6.49. The van der Waals surface area contributed by atoms with Crippen LogP contribution in [0.1, 0.15) is 11.4 Å². The fraction of sp³-hybridized carbons (Fsp3) is 0.105. The van der Waals surface area contributed by atoms with Gasteiger partial charge in [0.1, 0.15) is 5.01 Å². The van der Waals surface area contributed by atoms with Gasteiger partial charge in [0.05, 0.1) is 17.0 Å². The number of hydrogen-bond donors (Lipinski definition) is 1. The molecule has 0 atom stereocenters. The van der Waals surface area contributed by atoms with Gasteiger partial charge in [-0.05, 0) is 42.6 Å². The molecule has 3 heterocycles. The minimum Gasteiger partial charge on any atom is -0.326 e. The molecule has 136 valence electrons. The van der Waals surface area contributed by atoms with Crippen molar-refractivity contribution >= 4 is 57.4 Å². The largest absolute Gasteiger partial charge is 0.326 e. The Balaban J connectivity index is 1.34. The van der Waals surface area contributed by atoms with E-state index in [4.69, 9.17) is 0 Å². The van der Waals surface area contributed by atoms with Crippen molar-refractivity contribution in [2.24, 2.45) is 0 Å². The van der Waals surface area contributed by atoms with E-state index < -0.39 is 0 Å². The van der Waals surface area contributed by atoms with Crippen LogP contribution < -0.4 is 5.32 Å². The van der Waals surface area contributed by atoms with E-state index in [1.54, 1.807) is 45.8 Å². The Kier molecular flexibility index (Phi) is 5.68. The van der Waals surface area contributed by atoms with E-state index in [2.05, 4.69) is 15.3 Å². The minimum absolute atomic E-state index is 0.0611. The zero-order chi connectivity index (χ0) is 18.6. The van der Waals surface area contributed by atoms with Crippen LogP contribution in [0.25, 0.3) is 9.88 Å². The molecule has 8 heteroatoms. The lowest BCUT2D eigenvalue weighted by atomic mass is 10.3. The van der Waals surface area contributed by atoms with Gasteiger partial charge in [0.15, 0.2) is 4.34 Å². The fourth-order valence-corrected chi connectivity index (χ4v) is 5.80. The number of thiophene rings is 1. The number of rotatable bonds is 6. The highest BCUT2D eigenvalue weighted by Gasteiger charge is 2.10. The van der Waals surface area contributed by atoms with Crippen molar-refractivity contribution in [3.8, 4) is 9.88 Å². The molecule has 0 fully saturated rings. The molecule has 0 aliphatic heterocycles. The molecule has 0 aliphatic carbocycles. The molecule has 27 heavy (non-hydrogen) atoms. The van der Waals surface area contributed by atoms with Crippen molar-refractivity contribution in [1.82, 2.24) is 9.97 Å². The molecule has 1 N–H and O–H groups in total. The number of carbonyl (C=O) groups is 1. The van der Waals surface area contributed by atoms with Gasteiger partial charge < -0.3 is 5.32 Å². The first-order valence-corrected chi connectivity index (χ1v) is 11.6. The first-order chi connectivity index (χ1) is 13.2. The lowest BCUT2D eigenvalue weighted by Crippen LogP contribution is -2.14. The number of aromatic nitrogens is 2. The number of benzene rings is 1. The maximum atomic E-state index is 12.3. The zero-order valence-electron chi connectivity index (χ0n) is 14.3. The number of amides is 1. The summed E-state index contributed by atoms with van der Waals surface area (Å²) in [5, 5.41) is 9.92. The predicted molar refractivity (Wildman–Crippen MR) is 115 cm³/mol. The van der Waals surface area contributed by atoms with Crippen LogP contribution in [-0.4, -0.2) is 15.9 Å². The maximum absolute atomic E-state index is 12.3. The third-order valence-corrected chi connectivity index (χ3v) is 7.56. The molecule has 3 aromatic heterocycles. The van der Waals surface area contributed by atoms with E-state index in [0.717, 1.165) is 36.2 Å². The number of hydrogen-bond acceptors (Lipinski definition) is 7. The Bertz CT molecular complexity index is 1040. The van der Waals surface area contributed by atoms with Gasteiger partial charge in [0, 0.05) is 27.0 Å². The summed E-state index contributed by atoms with van der Waals surface area (Å²) in [6, 6.07) is 11.9. The van der Waals surface area contributed by atoms with Crippen LogP contribution in [0.4, 0.5) is 5.69 Å². The lowest BCUT2D eigenvalue weighted by Gasteiger charge is -2.05. The second-order valence-electron chi connectivity index (χ2n) is 5.73. The topological polar surface area (TPSA) is 54.9 Å². The van der Waals surface area contributed by atoms with Gasteiger partial charge >= 0.3 is 0 Å². The quantitative estimate of drug-likeness (QED) is 0.410. The van der Waals surface area contributed by atoms with Gasteiger partial charge in [-0.2, -0.15) is 0 Å². The van der Waals surface area contributed by atoms with Gasteiger partial charge in [-0.25, -0.2) is 9.97 Å². The summed E-state index contributed by atoms with van der Waals surface area (Å²) in [6.45, 7) is 1.99. The van der Waals surface area contributed by atoms with Gasteiger partial charge in [0.25, 0.3) is 0 Å². The van der Waals surface area contributed by atoms with Gasteiger partial charge in [-0.3, -0.25) is 4.79 Å². The smallest absolute Gasteiger partial charge is 0.230 e. The number of anilines is 1. The first kappa shape index (κ1) is 18.4. The van der Waals surface area contributed by atoms with E-state index in [-0.39, 0.29) is 12.3 Å². The van der Waals surface area contributed by atoms with Gasteiger partial charge in [-0.15, -0.1) is 34.0 Å². The highest BCUT2D eigenvalue weighted by molar-refractivity contribution is 8.01. The summed E-state index contributed by atoms with van der Waals surface area (Å²) in [7, 11) is 0. The molecule has 0 saturated heterocycles. The third kappa shape index (κ3) is 4.84. The number of thiazole rings is 2. The number of aryl methyl sites for hydroxylation is 1. The first-order valence-electron chi connectivity index (χ1n) is 8.14. The number of nitrogens with zero attached hydrogens (tertiary/aromatic N) is 2. The van der Waals surface area contributed by atoms with Gasteiger partial charge in [-0.1, -0.05) is 17.8 Å². The molecule has 0 radical (unpaired) electrons. The van der Waals surface area contributed by atoms with Crippen molar-refractivity contribution in [2.75, 3.05) is 5.32 Å². The average molecular weight is 430 g/mol. The van der Waals surface area contributed by atoms with E-state index in [1.165, 1.54) is 0 Å². The Hall–Kier alpha value is -2.00. The summed E-state index contributed by atoms with van der Waals surface area (Å²) in [6.07, 6.45) is 0.275. The molecule has 0 bridgehead atoms. The normalized spacial score (nSPS) is 10.9. The maximum Gasteiger partial charge on any atom is 0.230 e. The van der Waals surface area contributed by atoms with Gasteiger partial charge in [0.2, 0.25) is 5.91 Å². The molecule has 0 aliphatic rings. The highest BCUT2D eigenvalue weighted by atomic mass is 32.2. The minimum atomic E-state index is -0.0611. The molecule has 1 aromatic carbocycles. The molecule has 0 spiro atoms. The molecule has 1 amide bonds. The number of nitrogens with one attached hydrogen (secondary N) is 1. The molecule has 0 saturated carbocycles. The van der Waals surface area contributed by atoms with Crippen LogP contribution in [0.15, 0.2) is 61.8 Å². The van der Waals surface area contributed by atoms with Crippen molar-refractivity contribution in [2.45, 2.75) is 22.6 Å². The van der Waals surface area contributed by atoms with Crippen LogP contribution in [-0.2, 0) is 11.2 Å². The van der Waals surface area contributed by atoms with E-state index in [1.807, 2.05) is 59.5 Å². The van der Waals surface area contributed by atoms with Crippen LogP contribution in [0.3, 0.4) is 0 Å². The molecule has 4 nitrogen and oxygen atoms in total. The summed E-state index contributed by atoms with van der Waals surface area (Å²) in [5.41, 5.74) is 2.62. The summed E-state index contributed by atoms with van der Waals surface area (Å²) in [5.74, 6) is -0.0611. The van der Waals surface area contributed by atoms with Crippen LogP contribution in [0.5, 0.6) is 0 Å². The Morgan fingerprint density at radius 3 is 2.63 bits per heavy atom. The van der Waals surface area contributed by atoms with Crippen LogP contribution >= 0.6 is 45.8 Å². The molecular formula is C19H15N3OS4. The van der Waals surface area contributed by atoms with Crippen molar-refractivity contribution in [1.29, 1.82) is 0 Å². The summed E-state index contributed by atoms with van der Waals surface area (Å²) < 4.78 is 1.02. The second kappa shape index (κ2) is 8.35. The Morgan fingerprint density at radius 1 is 1.07 bits per heavy atom. The Labute approximate surface area is 173 Å². The highest BCUT2D eigenvalue weighted by Crippen LogP contribution is 2.31. The fourth-order valence-electron chi connectivity index (χ4n) is 2.36. The molecule has 0 unspecified atom stereocenters. The van der Waals surface area contributed by atoms with Crippen LogP contribution in [0.2, 0.25) is 0 Å². The monoisotopic (exact) mass is 429 g/mol. The van der Waals surface area contributed by atoms with Crippen molar-refractivity contribution < 1.29 is 4.79 Å². The molecule has 4 rings (SSSR count). The summed E-state index contributed by atoms with van der Waals surface area (Å²) in [4.78, 5) is 23.5.